The number of para-hydroxylation sites is 2. The quantitative estimate of drug-likeness (QED) is 0.791. The highest BCUT2D eigenvalue weighted by Gasteiger charge is 2.16. The van der Waals surface area contributed by atoms with E-state index in [0.717, 1.165) is 24.6 Å². The number of ether oxygens (including phenoxy) is 2. The normalized spacial score (nSPS) is 12.5. The SMILES string of the molecule is CCNCC(Oc1ccccc1OC)C(C)C. The van der Waals surface area contributed by atoms with Gasteiger partial charge in [-0.05, 0) is 24.6 Å². The molecule has 3 nitrogen and oxygen atoms in total. The summed E-state index contributed by atoms with van der Waals surface area (Å²) in [5.41, 5.74) is 0. The third-order valence-electron chi connectivity index (χ3n) is 2.69. The minimum absolute atomic E-state index is 0.159. The molecule has 1 rings (SSSR count). The molecule has 0 spiro atoms. The van der Waals surface area contributed by atoms with Crippen LogP contribution >= 0.6 is 0 Å². The molecule has 0 saturated heterocycles. The second kappa shape index (κ2) is 7.17. The smallest absolute Gasteiger partial charge is 0.161 e. The van der Waals surface area contributed by atoms with E-state index < -0.39 is 0 Å². The van der Waals surface area contributed by atoms with Crippen LogP contribution in [0.3, 0.4) is 0 Å². The van der Waals surface area contributed by atoms with Crippen LogP contribution in [-0.4, -0.2) is 26.3 Å². The van der Waals surface area contributed by atoms with Crippen molar-refractivity contribution < 1.29 is 9.47 Å². The van der Waals surface area contributed by atoms with Gasteiger partial charge in [0.1, 0.15) is 6.10 Å². The lowest BCUT2D eigenvalue weighted by molar-refractivity contribution is 0.144. The molecule has 0 aromatic heterocycles. The number of hydrogen-bond acceptors (Lipinski definition) is 3. The van der Waals surface area contributed by atoms with Crippen molar-refractivity contribution in [2.75, 3.05) is 20.2 Å². The number of rotatable bonds is 7. The van der Waals surface area contributed by atoms with Gasteiger partial charge in [0.15, 0.2) is 11.5 Å². The van der Waals surface area contributed by atoms with Crippen LogP contribution in [-0.2, 0) is 0 Å². The van der Waals surface area contributed by atoms with Crippen molar-refractivity contribution in [2.24, 2.45) is 5.92 Å². The van der Waals surface area contributed by atoms with Gasteiger partial charge in [-0.3, -0.25) is 0 Å². The monoisotopic (exact) mass is 237 g/mol. The van der Waals surface area contributed by atoms with Crippen molar-refractivity contribution in [1.29, 1.82) is 0 Å². The molecule has 0 aliphatic carbocycles. The van der Waals surface area contributed by atoms with Gasteiger partial charge in [0.05, 0.1) is 7.11 Å². The standard InChI is InChI=1S/C14H23NO2/c1-5-15-10-14(11(2)3)17-13-9-7-6-8-12(13)16-4/h6-9,11,14-15H,5,10H2,1-4H3. The molecule has 1 atom stereocenters. The van der Waals surface area contributed by atoms with Gasteiger partial charge in [0.25, 0.3) is 0 Å². The Morgan fingerprint density at radius 1 is 1.18 bits per heavy atom. The molecule has 1 unspecified atom stereocenters. The third kappa shape index (κ3) is 4.27. The molecule has 0 saturated carbocycles. The van der Waals surface area contributed by atoms with Gasteiger partial charge < -0.3 is 14.8 Å². The fourth-order valence-corrected chi connectivity index (χ4v) is 1.58. The first-order valence-corrected chi connectivity index (χ1v) is 6.19. The Morgan fingerprint density at radius 3 is 2.35 bits per heavy atom. The molecule has 0 bridgehead atoms. The second-order valence-corrected chi connectivity index (χ2v) is 4.36. The molecular weight excluding hydrogens is 214 g/mol. The van der Waals surface area contributed by atoms with E-state index in [-0.39, 0.29) is 6.10 Å². The van der Waals surface area contributed by atoms with Crippen LogP contribution in [0.4, 0.5) is 0 Å². The Balaban J connectivity index is 2.71. The zero-order chi connectivity index (χ0) is 12.7. The van der Waals surface area contributed by atoms with Crippen molar-refractivity contribution in [2.45, 2.75) is 26.9 Å². The molecule has 96 valence electrons. The van der Waals surface area contributed by atoms with E-state index in [1.165, 1.54) is 0 Å². The Labute approximate surface area is 104 Å². The summed E-state index contributed by atoms with van der Waals surface area (Å²) in [6.07, 6.45) is 0.159. The maximum Gasteiger partial charge on any atom is 0.161 e. The van der Waals surface area contributed by atoms with E-state index in [1.807, 2.05) is 24.3 Å². The number of methoxy groups -OCH3 is 1. The maximum absolute atomic E-state index is 6.01. The number of nitrogens with one attached hydrogen (secondary N) is 1. The first-order valence-electron chi connectivity index (χ1n) is 6.19. The van der Waals surface area contributed by atoms with Crippen molar-refractivity contribution in [1.82, 2.24) is 5.32 Å². The second-order valence-electron chi connectivity index (χ2n) is 4.36. The van der Waals surface area contributed by atoms with Crippen LogP contribution < -0.4 is 14.8 Å². The topological polar surface area (TPSA) is 30.5 Å². The Kier molecular flexibility index (Phi) is 5.84. The molecule has 0 amide bonds. The Morgan fingerprint density at radius 2 is 1.82 bits per heavy atom. The zero-order valence-corrected chi connectivity index (χ0v) is 11.2. The summed E-state index contributed by atoms with van der Waals surface area (Å²) < 4.78 is 11.3. The summed E-state index contributed by atoms with van der Waals surface area (Å²) in [6, 6.07) is 7.77. The van der Waals surface area contributed by atoms with Gasteiger partial charge in [-0.25, -0.2) is 0 Å². The minimum Gasteiger partial charge on any atom is -0.493 e. The van der Waals surface area contributed by atoms with E-state index in [0.29, 0.717) is 5.92 Å². The number of hydrogen-bond donors (Lipinski definition) is 1. The van der Waals surface area contributed by atoms with Gasteiger partial charge in [0.2, 0.25) is 0 Å². The zero-order valence-electron chi connectivity index (χ0n) is 11.2. The van der Waals surface area contributed by atoms with Crippen LogP contribution in [0.25, 0.3) is 0 Å². The van der Waals surface area contributed by atoms with Crippen LogP contribution in [0, 0.1) is 5.92 Å². The van der Waals surface area contributed by atoms with Crippen molar-refractivity contribution in [3.63, 3.8) is 0 Å². The molecular formula is C14H23NO2. The van der Waals surface area contributed by atoms with Crippen molar-refractivity contribution >= 4 is 0 Å². The fourth-order valence-electron chi connectivity index (χ4n) is 1.58. The van der Waals surface area contributed by atoms with Gasteiger partial charge in [-0.2, -0.15) is 0 Å². The third-order valence-corrected chi connectivity index (χ3v) is 2.69. The molecule has 0 fully saturated rings. The lowest BCUT2D eigenvalue weighted by Gasteiger charge is -2.23. The highest BCUT2D eigenvalue weighted by molar-refractivity contribution is 5.39. The summed E-state index contributed by atoms with van der Waals surface area (Å²) in [6.45, 7) is 8.24. The molecule has 1 N–H and O–H groups in total. The highest BCUT2D eigenvalue weighted by atomic mass is 16.5. The fraction of sp³-hybridized carbons (Fsp3) is 0.571. The summed E-state index contributed by atoms with van der Waals surface area (Å²) in [5, 5.41) is 3.32. The van der Waals surface area contributed by atoms with E-state index in [2.05, 4.69) is 26.1 Å². The summed E-state index contributed by atoms with van der Waals surface area (Å²) in [4.78, 5) is 0. The first-order chi connectivity index (χ1) is 8.19. The molecule has 17 heavy (non-hydrogen) atoms. The van der Waals surface area contributed by atoms with Crippen molar-refractivity contribution in [3.8, 4) is 11.5 Å². The largest absolute Gasteiger partial charge is 0.493 e. The molecule has 0 radical (unpaired) electrons. The van der Waals surface area contributed by atoms with Gasteiger partial charge in [-0.1, -0.05) is 32.9 Å². The van der Waals surface area contributed by atoms with E-state index in [9.17, 15) is 0 Å². The van der Waals surface area contributed by atoms with E-state index in [4.69, 9.17) is 9.47 Å². The molecule has 0 heterocycles. The molecule has 0 aliphatic heterocycles. The maximum atomic E-state index is 6.01. The predicted octanol–water partition coefficient (Wildman–Crippen LogP) is 2.71. The van der Waals surface area contributed by atoms with Crippen molar-refractivity contribution in [3.05, 3.63) is 24.3 Å². The van der Waals surface area contributed by atoms with Crippen LogP contribution in [0.2, 0.25) is 0 Å². The van der Waals surface area contributed by atoms with Crippen LogP contribution in [0.1, 0.15) is 20.8 Å². The average Bonchev–Trinajstić information content (AvgIpc) is 2.34. The van der Waals surface area contributed by atoms with Gasteiger partial charge in [-0.15, -0.1) is 0 Å². The lowest BCUT2D eigenvalue weighted by atomic mass is 10.1. The summed E-state index contributed by atoms with van der Waals surface area (Å²) >= 11 is 0. The minimum atomic E-state index is 0.159. The van der Waals surface area contributed by atoms with E-state index in [1.54, 1.807) is 7.11 Å². The summed E-state index contributed by atoms with van der Waals surface area (Å²) in [5.74, 6) is 2.06. The highest BCUT2D eigenvalue weighted by Crippen LogP contribution is 2.27. The van der Waals surface area contributed by atoms with Crippen LogP contribution in [0.5, 0.6) is 11.5 Å². The number of likely N-dealkylation sites (N-methyl/N-ethyl adjacent to an activating group) is 1. The molecule has 1 aromatic rings. The number of benzene rings is 1. The predicted molar refractivity (Wildman–Crippen MR) is 70.8 cm³/mol. The van der Waals surface area contributed by atoms with Gasteiger partial charge >= 0.3 is 0 Å². The molecule has 1 aromatic carbocycles. The lowest BCUT2D eigenvalue weighted by Crippen LogP contribution is -2.35. The van der Waals surface area contributed by atoms with Gasteiger partial charge in [0, 0.05) is 6.54 Å². The van der Waals surface area contributed by atoms with E-state index >= 15 is 0 Å². The summed E-state index contributed by atoms with van der Waals surface area (Å²) in [7, 11) is 1.66. The Hall–Kier alpha value is -1.22. The van der Waals surface area contributed by atoms with Crippen LogP contribution in [0.15, 0.2) is 24.3 Å². The average molecular weight is 237 g/mol. The molecule has 3 heteroatoms. The first kappa shape index (κ1) is 13.8. The Bertz CT molecular complexity index is 326. The molecule has 0 aliphatic rings.